The van der Waals surface area contributed by atoms with Crippen molar-refractivity contribution in [3.8, 4) is 0 Å². The molecule has 1 aromatic rings. The van der Waals surface area contributed by atoms with Crippen molar-refractivity contribution in [1.29, 1.82) is 0 Å². The number of carboxylic acids is 1. The normalized spacial score (nSPS) is 12.9. The Kier molecular flexibility index (Phi) is 5.85. The molecule has 1 atom stereocenters. The quantitative estimate of drug-likeness (QED) is 0.557. The van der Waals surface area contributed by atoms with E-state index in [2.05, 4.69) is 14.7 Å². The number of aromatic amines is 1. The number of carbonyl (C=O) groups excluding carboxylic acids is 1. The summed E-state index contributed by atoms with van der Waals surface area (Å²) in [6.07, 6.45) is 1.20. The zero-order valence-electron chi connectivity index (χ0n) is 11.6. The summed E-state index contributed by atoms with van der Waals surface area (Å²) in [6.45, 7) is 1.79. The van der Waals surface area contributed by atoms with Gasteiger partial charge in [0, 0.05) is 12.8 Å². The highest BCUT2D eigenvalue weighted by Crippen LogP contribution is 2.09. The maximum Gasteiger partial charge on any atom is 0.321 e. The predicted octanol–water partition coefficient (Wildman–Crippen LogP) is -0.343. The molecule has 0 aromatic carbocycles. The minimum Gasteiger partial charge on any atom is -0.480 e. The van der Waals surface area contributed by atoms with Gasteiger partial charge in [-0.15, -0.1) is 0 Å². The van der Waals surface area contributed by atoms with E-state index in [1.54, 1.807) is 6.92 Å². The highest BCUT2D eigenvalue weighted by Gasteiger charge is 2.27. The molecule has 0 amide bonds. The molecule has 1 aromatic heterocycles. The summed E-state index contributed by atoms with van der Waals surface area (Å²) in [5.41, 5.74) is 0. The van der Waals surface area contributed by atoms with Crippen molar-refractivity contribution in [1.82, 2.24) is 14.7 Å². The minimum absolute atomic E-state index is 0.209. The van der Waals surface area contributed by atoms with Crippen LogP contribution in [-0.4, -0.2) is 48.6 Å². The van der Waals surface area contributed by atoms with Crippen LogP contribution in [0.1, 0.15) is 25.6 Å². The Hall–Kier alpha value is -1.94. The Morgan fingerprint density at radius 1 is 1.52 bits per heavy atom. The van der Waals surface area contributed by atoms with Crippen LogP contribution in [0.15, 0.2) is 11.2 Å². The molecule has 21 heavy (non-hydrogen) atoms. The zero-order valence-corrected chi connectivity index (χ0v) is 12.4. The van der Waals surface area contributed by atoms with Crippen LogP contribution < -0.4 is 4.72 Å². The predicted molar refractivity (Wildman–Crippen MR) is 71.0 cm³/mol. The smallest absolute Gasteiger partial charge is 0.321 e. The number of hydrogen-bond donors (Lipinski definition) is 3. The highest BCUT2D eigenvalue weighted by molar-refractivity contribution is 7.89. The van der Waals surface area contributed by atoms with Gasteiger partial charge in [0.15, 0.2) is 5.03 Å². The van der Waals surface area contributed by atoms with Gasteiger partial charge in [-0.1, -0.05) is 6.92 Å². The average Bonchev–Trinajstić information content (AvgIpc) is 2.92. The van der Waals surface area contributed by atoms with Crippen LogP contribution in [0.25, 0.3) is 0 Å². The fourth-order valence-electron chi connectivity index (χ4n) is 1.51. The number of carboxylic acid groups (broad SMARTS) is 1. The van der Waals surface area contributed by atoms with Gasteiger partial charge in [-0.3, -0.25) is 9.59 Å². The Bertz CT molecular complexity index is 609. The number of esters is 1. The van der Waals surface area contributed by atoms with E-state index in [4.69, 9.17) is 5.11 Å². The number of imidazole rings is 1. The number of aryl methyl sites for hydroxylation is 1. The first-order valence-corrected chi connectivity index (χ1v) is 7.64. The van der Waals surface area contributed by atoms with E-state index in [-0.39, 0.29) is 17.9 Å². The van der Waals surface area contributed by atoms with Crippen molar-refractivity contribution in [3.05, 3.63) is 12.0 Å². The first kappa shape index (κ1) is 17.1. The average molecular weight is 319 g/mol. The second-order valence-corrected chi connectivity index (χ2v) is 5.86. The van der Waals surface area contributed by atoms with Crippen LogP contribution in [-0.2, 0) is 30.8 Å². The Morgan fingerprint density at radius 3 is 2.67 bits per heavy atom. The lowest BCUT2D eigenvalue weighted by Crippen LogP contribution is -2.41. The number of nitrogens with one attached hydrogen (secondary N) is 2. The van der Waals surface area contributed by atoms with Crippen LogP contribution in [0.3, 0.4) is 0 Å². The van der Waals surface area contributed by atoms with Gasteiger partial charge in [-0.05, 0) is 6.42 Å². The van der Waals surface area contributed by atoms with Crippen LogP contribution in [0.5, 0.6) is 0 Å². The topological polar surface area (TPSA) is 138 Å². The second kappa shape index (κ2) is 7.18. The largest absolute Gasteiger partial charge is 0.480 e. The first-order valence-electron chi connectivity index (χ1n) is 6.16. The summed E-state index contributed by atoms with van der Waals surface area (Å²) < 4.78 is 30.5. The third kappa shape index (κ3) is 4.83. The number of aromatic nitrogens is 2. The molecule has 0 saturated heterocycles. The lowest BCUT2D eigenvalue weighted by atomic mass is 10.2. The molecular weight excluding hydrogens is 302 g/mol. The fraction of sp³-hybridized carbons (Fsp3) is 0.545. The summed E-state index contributed by atoms with van der Waals surface area (Å²) in [5, 5.41) is 8.80. The van der Waals surface area contributed by atoms with Crippen LogP contribution >= 0.6 is 0 Å². The number of hydrogen-bond acceptors (Lipinski definition) is 6. The SMILES string of the molecule is CCc1ncc(S(=O)(=O)N[C@H](CCC(=O)OC)C(=O)O)[nH]1. The van der Waals surface area contributed by atoms with Gasteiger partial charge in [-0.2, -0.15) is 4.72 Å². The molecule has 1 rings (SSSR count). The Labute approximate surface area is 121 Å². The van der Waals surface area contributed by atoms with Crippen molar-refractivity contribution < 1.29 is 27.9 Å². The number of H-pyrrole nitrogens is 1. The molecule has 0 fully saturated rings. The molecule has 10 heteroatoms. The van der Waals surface area contributed by atoms with E-state index in [9.17, 15) is 18.0 Å². The molecule has 0 bridgehead atoms. The van der Waals surface area contributed by atoms with Gasteiger partial charge in [0.1, 0.15) is 11.9 Å². The molecule has 1 heterocycles. The van der Waals surface area contributed by atoms with E-state index in [0.29, 0.717) is 12.2 Å². The van der Waals surface area contributed by atoms with Gasteiger partial charge in [0.2, 0.25) is 0 Å². The van der Waals surface area contributed by atoms with Crippen molar-refractivity contribution in [2.75, 3.05) is 7.11 Å². The van der Waals surface area contributed by atoms with Crippen molar-refractivity contribution in [2.45, 2.75) is 37.3 Å². The van der Waals surface area contributed by atoms with Gasteiger partial charge >= 0.3 is 11.9 Å². The molecule has 9 nitrogen and oxygen atoms in total. The number of aliphatic carboxylic acids is 1. The summed E-state index contributed by atoms with van der Waals surface area (Å²) in [7, 11) is -2.88. The number of rotatable bonds is 8. The number of nitrogens with zero attached hydrogens (tertiary/aromatic N) is 1. The molecule has 0 unspecified atom stereocenters. The van der Waals surface area contributed by atoms with Gasteiger partial charge in [0.05, 0.1) is 13.3 Å². The highest BCUT2D eigenvalue weighted by atomic mass is 32.2. The van der Waals surface area contributed by atoms with E-state index in [0.717, 1.165) is 6.20 Å². The van der Waals surface area contributed by atoms with E-state index < -0.39 is 28.0 Å². The van der Waals surface area contributed by atoms with Crippen LogP contribution in [0.2, 0.25) is 0 Å². The van der Waals surface area contributed by atoms with E-state index in [1.807, 2.05) is 4.72 Å². The van der Waals surface area contributed by atoms with Gasteiger partial charge < -0.3 is 14.8 Å². The van der Waals surface area contributed by atoms with Crippen molar-refractivity contribution in [2.24, 2.45) is 0 Å². The van der Waals surface area contributed by atoms with E-state index in [1.165, 1.54) is 7.11 Å². The number of sulfonamides is 1. The van der Waals surface area contributed by atoms with Crippen LogP contribution in [0.4, 0.5) is 0 Å². The minimum atomic E-state index is -4.05. The maximum absolute atomic E-state index is 12.0. The third-order valence-electron chi connectivity index (χ3n) is 2.69. The molecule has 0 aliphatic rings. The summed E-state index contributed by atoms with van der Waals surface area (Å²) in [6, 6.07) is -1.43. The number of methoxy groups -OCH3 is 1. The monoisotopic (exact) mass is 319 g/mol. The lowest BCUT2D eigenvalue weighted by Gasteiger charge is -2.13. The Morgan fingerprint density at radius 2 is 2.19 bits per heavy atom. The first-order chi connectivity index (χ1) is 9.80. The molecule has 0 aliphatic heterocycles. The maximum atomic E-state index is 12.0. The van der Waals surface area contributed by atoms with Gasteiger partial charge in [-0.25, -0.2) is 13.4 Å². The third-order valence-corrected chi connectivity index (χ3v) is 4.07. The second-order valence-electron chi connectivity index (χ2n) is 4.17. The number of ether oxygens (including phenoxy) is 1. The molecular formula is C11H17N3O6S. The van der Waals surface area contributed by atoms with Crippen LogP contribution in [0, 0.1) is 0 Å². The summed E-state index contributed by atoms with van der Waals surface area (Å²) in [5.74, 6) is -1.52. The molecule has 3 N–H and O–H groups in total. The van der Waals surface area contributed by atoms with E-state index >= 15 is 0 Å². The summed E-state index contributed by atoms with van der Waals surface area (Å²) >= 11 is 0. The summed E-state index contributed by atoms with van der Waals surface area (Å²) in [4.78, 5) is 28.5. The fourth-order valence-corrected chi connectivity index (χ4v) is 2.67. The lowest BCUT2D eigenvalue weighted by molar-refractivity contribution is -0.142. The molecule has 118 valence electrons. The van der Waals surface area contributed by atoms with Crippen molar-refractivity contribution >= 4 is 22.0 Å². The molecule has 0 spiro atoms. The standard InChI is InChI=1S/C11H17N3O6S/c1-3-8-12-6-9(13-8)21(18,19)14-7(11(16)17)4-5-10(15)20-2/h6-7,14H,3-5H2,1-2H3,(H,12,13)(H,16,17)/t7-/m1/s1. The molecule has 0 radical (unpaired) electrons. The molecule has 0 aliphatic carbocycles. The zero-order chi connectivity index (χ0) is 16.0. The number of carbonyl (C=O) groups is 2. The van der Waals surface area contributed by atoms with Crippen molar-refractivity contribution in [3.63, 3.8) is 0 Å². The Balaban J connectivity index is 2.82. The van der Waals surface area contributed by atoms with Gasteiger partial charge in [0.25, 0.3) is 10.0 Å². The molecule has 0 saturated carbocycles.